The van der Waals surface area contributed by atoms with E-state index in [0.717, 1.165) is 6.54 Å². The molecule has 0 radical (unpaired) electrons. The molecular formula is C9H18N2O2. The second kappa shape index (κ2) is 4.07. The third-order valence-corrected chi connectivity index (χ3v) is 2.26. The maximum absolute atomic E-state index is 11.3. The standard InChI is InChI=1S/C9H18N2O2/c1-9(2,6-10)7-11-3-4-13-5-8(11)12/h3-7,10H2,1-2H3. The van der Waals surface area contributed by atoms with Gasteiger partial charge in [0, 0.05) is 13.1 Å². The van der Waals surface area contributed by atoms with Crippen LogP contribution in [-0.2, 0) is 9.53 Å². The predicted molar refractivity (Wildman–Crippen MR) is 50.2 cm³/mol. The third kappa shape index (κ3) is 2.97. The van der Waals surface area contributed by atoms with Crippen molar-refractivity contribution < 1.29 is 9.53 Å². The van der Waals surface area contributed by atoms with Crippen LogP contribution in [0.2, 0.25) is 0 Å². The monoisotopic (exact) mass is 186 g/mol. The molecule has 1 aliphatic heterocycles. The fourth-order valence-corrected chi connectivity index (χ4v) is 1.30. The minimum Gasteiger partial charge on any atom is -0.370 e. The molecule has 0 aromatic carbocycles. The van der Waals surface area contributed by atoms with Crippen molar-refractivity contribution in [2.75, 3.05) is 32.8 Å². The minimum absolute atomic E-state index is 0.00694. The zero-order valence-electron chi connectivity index (χ0n) is 8.38. The van der Waals surface area contributed by atoms with Crippen LogP contribution in [0.5, 0.6) is 0 Å². The molecule has 1 rings (SSSR count). The second-order valence-corrected chi connectivity index (χ2v) is 4.24. The number of ether oxygens (including phenoxy) is 1. The van der Waals surface area contributed by atoms with Crippen molar-refractivity contribution in [2.45, 2.75) is 13.8 Å². The van der Waals surface area contributed by atoms with Crippen LogP contribution >= 0.6 is 0 Å². The number of morpholine rings is 1. The van der Waals surface area contributed by atoms with Gasteiger partial charge >= 0.3 is 0 Å². The van der Waals surface area contributed by atoms with E-state index < -0.39 is 0 Å². The summed E-state index contributed by atoms with van der Waals surface area (Å²) >= 11 is 0. The lowest BCUT2D eigenvalue weighted by Gasteiger charge is -2.34. The Bertz CT molecular complexity index is 192. The molecule has 76 valence electrons. The van der Waals surface area contributed by atoms with E-state index in [9.17, 15) is 4.79 Å². The lowest BCUT2D eigenvalue weighted by molar-refractivity contribution is -0.144. The van der Waals surface area contributed by atoms with Gasteiger partial charge in [0.2, 0.25) is 5.91 Å². The Kier molecular flexibility index (Phi) is 3.27. The summed E-state index contributed by atoms with van der Waals surface area (Å²) < 4.78 is 5.04. The molecule has 1 aliphatic rings. The summed E-state index contributed by atoms with van der Waals surface area (Å²) in [5.41, 5.74) is 5.61. The fourth-order valence-electron chi connectivity index (χ4n) is 1.30. The Balaban J connectivity index is 2.47. The zero-order valence-corrected chi connectivity index (χ0v) is 8.38. The number of nitrogens with two attached hydrogens (primary N) is 1. The zero-order chi connectivity index (χ0) is 9.90. The molecule has 0 aliphatic carbocycles. The number of amides is 1. The van der Waals surface area contributed by atoms with Gasteiger partial charge in [0.05, 0.1) is 6.61 Å². The number of carbonyl (C=O) groups excluding carboxylic acids is 1. The van der Waals surface area contributed by atoms with Crippen LogP contribution in [-0.4, -0.2) is 43.7 Å². The van der Waals surface area contributed by atoms with Crippen LogP contribution in [0, 0.1) is 5.41 Å². The Hall–Kier alpha value is -0.610. The van der Waals surface area contributed by atoms with Gasteiger partial charge in [-0.1, -0.05) is 13.8 Å². The average Bonchev–Trinajstić information content (AvgIpc) is 2.09. The highest BCUT2D eigenvalue weighted by molar-refractivity contribution is 5.78. The van der Waals surface area contributed by atoms with Gasteiger partial charge in [-0.2, -0.15) is 0 Å². The smallest absolute Gasteiger partial charge is 0.248 e. The SMILES string of the molecule is CC(C)(CN)CN1CCOCC1=O. The molecule has 4 nitrogen and oxygen atoms in total. The van der Waals surface area contributed by atoms with E-state index in [1.54, 1.807) is 0 Å². The molecule has 1 amide bonds. The van der Waals surface area contributed by atoms with Gasteiger partial charge in [-0.25, -0.2) is 0 Å². The van der Waals surface area contributed by atoms with Gasteiger partial charge in [0.15, 0.2) is 0 Å². The Labute approximate surface area is 79.0 Å². The van der Waals surface area contributed by atoms with Gasteiger partial charge in [-0.15, -0.1) is 0 Å². The van der Waals surface area contributed by atoms with Crippen LogP contribution in [0.4, 0.5) is 0 Å². The molecule has 0 unspecified atom stereocenters. The summed E-state index contributed by atoms with van der Waals surface area (Å²) in [7, 11) is 0. The summed E-state index contributed by atoms with van der Waals surface area (Å²) in [5, 5.41) is 0. The largest absolute Gasteiger partial charge is 0.370 e. The van der Waals surface area contributed by atoms with E-state index in [2.05, 4.69) is 13.8 Å². The Morgan fingerprint density at radius 3 is 2.85 bits per heavy atom. The van der Waals surface area contributed by atoms with Gasteiger partial charge < -0.3 is 15.4 Å². The van der Waals surface area contributed by atoms with Crippen LogP contribution in [0.15, 0.2) is 0 Å². The van der Waals surface area contributed by atoms with E-state index in [4.69, 9.17) is 10.5 Å². The van der Waals surface area contributed by atoms with E-state index >= 15 is 0 Å². The Morgan fingerprint density at radius 2 is 2.31 bits per heavy atom. The molecular weight excluding hydrogens is 168 g/mol. The highest BCUT2D eigenvalue weighted by Crippen LogP contribution is 2.15. The first kappa shape index (κ1) is 10.5. The topological polar surface area (TPSA) is 55.6 Å². The molecule has 0 aromatic rings. The predicted octanol–water partition coefficient (Wildman–Crippen LogP) is -0.170. The van der Waals surface area contributed by atoms with Crippen LogP contribution < -0.4 is 5.73 Å². The van der Waals surface area contributed by atoms with Crippen molar-refractivity contribution in [3.63, 3.8) is 0 Å². The van der Waals surface area contributed by atoms with Crippen molar-refractivity contribution in [3.8, 4) is 0 Å². The number of hydrogen-bond acceptors (Lipinski definition) is 3. The lowest BCUT2D eigenvalue weighted by atomic mass is 9.93. The molecule has 1 saturated heterocycles. The van der Waals surface area contributed by atoms with Crippen LogP contribution in [0.1, 0.15) is 13.8 Å². The van der Waals surface area contributed by atoms with E-state index in [-0.39, 0.29) is 17.9 Å². The molecule has 1 fully saturated rings. The summed E-state index contributed by atoms with van der Waals surface area (Å²) in [6, 6.07) is 0. The second-order valence-electron chi connectivity index (χ2n) is 4.24. The first-order valence-electron chi connectivity index (χ1n) is 4.61. The normalized spacial score (nSPS) is 19.3. The highest BCUT2D eigenvalue weighted by Gasteiger charge is 2.25. The van der Waals surface area contributed by atoms with Gasteiger partial charge in [0.25, 0.3) is 0 Å². The van der Waals surface area contributed by atoms with Crippen molar-refractivity contribution >= 4 is 5.91 Å². The minimum atomic E-state index is 0.00694. The maximum Gasteiger partial charge on any atom is 0.248 e. The highest BCUT2D eigenvalue weighted by atomic mass is 16.5. The number of carbonyl (C=O) groups is 1. The molecule has 4 heteroatoms. The molecule has 0 spiro atoms. The number of rotatable bonds is 3. The van der Waals surface area contributed by atoms with Crippen LogP contribution in [0.25, 0.3) is 0 Å². The van der Waals surface area contributed by atoms with Crippen LogP contribution in [0.3, 0.4) is 0 Å². The molecule has 2 N–H and O–H groups in total. The summed E-state index contributed by atoms with van der Waals surface area (Å²) in [4.78, 5) is 13.2. The quantitative estimate of drug-likeness (QED) is 0.666. The lowest BCUT2D eigenvalue weighted by Crippen LogP contribution is -2.47. The molecule has 0 aromatic heterocycles. The summed E-state index contributed by atoms with van der Waals surface area (Å²) in [6.07, 6.45) is 0. The molecule has 0 bridgehead atoms. The maximum atomic E-state index is 11.3. The van der Waals surface area contributed by atoms with Crippen molar-refractivity contribution in [1.82, 2.24) is 4.90 Å². The summed E-state index contributed by atoms with van der Waals surface area (Å²) in [5.74, 6) is 0.0766. The first-order valence-corrected chi connectivity index (χ1v) is 4.61. The van der Waals surface area contributed by atoms with Crippen molar-refractivity contribution in [1.29, 1.82) is 0 Å². The van der Waals surface area contributed by atoms with Crippen molar-refractivity contribution in [2.24, 2.45) is 11.1 Å². The van der Waals surface area contributed by atoms with Crippen molar-refractivity contribution in [3.05, 3.63) is 0 Å². The number of hydrogen-bond donors (Lipinski definition) is 1. The fraction of sp³-hybridized carbons (Fsp3) is 0.889. The van der Waals surface area contributed by atoms with Gasteiger partial charge in [-0.3, -0.25) is 4.79 Å². The first-order chi connectivity index (χ1) is 6.05. The number of nitrogens with zero attached hydrogens (tertiary/aromatic N) is 1. The molecule has 0 atom stereocenters. The van der Waals surface area contributed by atoms with Gasteiger partial charge in [-0.05, 0) is 12.0 Å². The average molecular weight is 186 g/mol. The Morgan fingerprint density at radius 1 is 1.62 bits per heavy atom. The molecule has 0 saturated carbocycles. The molecule has 13 heavy (non-hydrogen) atoms. The van der Waals surface area contributed by atoms with E-state index in [0.29, 0.717) is 19.7 Å². The van der Waals surface area contributed by atoms with E-state index in [1.807, 2.05) is 4.90 Å². The molecule has 1 heterocycles. The summed E-state index contributed by atoms with van der Waals surface area (Å²) in [6.45, 7) is 7.02. The van der Waals surface area contributed by atoms with E-state index in [1.165, 1.54) is 0 Å². The van der Waals surface area contributed by atoms with Gasteiger partial charge in [0.1, 0.15) is 6.61 Å². The third-order valence-electron chi connectivity index (χ3n) is 2.26.